The van der Waals surface area contributed by atoms with Crippen molar-refractivity contribution in [2.24, 2.45) is 5.92 Å². The Morgan fingerprint density at radius 3 is 2.90 bits per heavy atom. The zero-order valence-corrected chi connectivity index (χ0v) is 14.4. The Morgan fingerprint density at radius 1 is 1.55 bits per heavy atom. The van der Waals surface area contributed by atoms with Crippen molar-refractivity contribution < 1.29 is 9.84 Å². The van der Waals surface area contributed by atoms with Crippen molar-refractivity contribution in [1.82, 2.24) is 0 Å². The molecule has 1 aromatic carbocycles. The lowest BCUT2D eigenvalue weighted by atomic mass is 9.74. The average molecular weight is 362 g/mol. The summed E-state index contributed by atoms with van der Waals surface area (Å²) < 4.78 is 6.70. The third kappa shape index (κ3) is 3.56. The lowest BCUT2D eigenvalue weighted by molar-refractivity contribution is -0.131. The van der Waals surface area contributed by atoms with Crippen LogP contribution in [0.3, 0.4) is 0 Å². The summed E-state index contributed by atoms with van der Waals surface area (Å²) in [5, 5.41) is 11.4. The van der Waals surface area contributed by atoms with Gasteiger partial charge in [0.1, 0.15) is 0 Å². The van der Waals surface area contributed by atoms with Crippen LogP contribution in [0.4, 0.5) is 0 Å². The second-order valence-electron chi connectivity index (χ2n) is 5.93. The highest BCUT2D eigenvalue weighted by Gasteiger charge is 2.41. The van der Waals surface area contributed by atoms with Gasteiger partial charge in [-0.1, -0.05) is 53.4 Å². The van der Waals surface area contributed by atoms with E-state index in [0.717, 1.165) is 29.3 Å². The van der Waals surface area contributed by atoms with Gasteiger partial charge in [0.25, 0.3) is 0 Å². The summed E-state index contributed by atoms with van der Waals surface area (Å²) >= 11 is 9.65. The minimum atomic E-state index is -0.520. The first-order chi connectivity index (χ1) is 9.47. The van der Waals surface area contributed by atoms with Crippen molar-refractivity contribution in [3.05, 3.63) is 33.3 Å². The van der Waals surface area contributed by atoms with E-state index < -0.39 is 11.7 Å². The van der Waals surface area contributed by atoms with Crippen LogP contribution >= 0.6 is 27.5 Å². The maximum Gasteiger partial charge on any atom is 0.0942 e. The quantitative estimate of drug-likeness (QED) is 0.849. The van der Waals surface area contributed by atoms with E-state index in [1.165, 1.54) is 6.42 Å². The zero-order chi connectivity index (χ0) is 14.8. The SMILES string of the molecule is COC1(C(O)Cc2ccc(Br)cc2Cl)CCCC(C)C1. The van der Waals surface area contributed by atoms with Crippen LogP contribution in [-0.4, -0.2) is 23.9 Å². The predicted octanol–water partition coefficient (Wildman–Crippen LogP) is 4.60. The molecule has 1 aromatic rings. The van der Waals surface area contributed by atoms with Gasteiger partial charge in [-0.3, -0.25) is 0 Å². The number of hydrogen-bond donors (Lipinski definition) is 1. The number of methoxy groups -OCH3 is 1. The molecule has 1 aliphatic rings. The number of hydrogen-bond acceptors (Lipinski definition) is 2. The molecule has 20 heavy (non-hydrogen) atoms. The summed E-state index contributed by atoms with van der Waals surface area (Å²) in [6, 6.07) is 5.79. The van der Waals surface area contributed by atoms with Gasteiger partial charge >= 0.3 is 0 Å². The molecule has 0 saturated heterocycles. The lowest BCUT2D eigenvalue weighted by Gasteiger charge is -2.42. The van der Waals surface area contributed by atoms with Gasteiger partial charge in [0.2, 0.25) is 0 Å². The Bertz CT molecular complexity index is 466. The maximum absolute atomic E-state index is 10.7. The molecular weight excluding hydrogens is 340 g/mol. The molecule has 3 unspecified atom stereocenters. The summed E-state index contributed by atoms with van der Waals surface area (Å²) in [5.74, 6) is 0.596. The summed E-state index contributed by atoms with van der Waals surface area (Å²) in [6.07, 6.45) is 4.18. The van der Waals surface area contributed by atoms with E-state index in [4.69, 9.17) is 16.3 Å². The van der Waals surface area contributed by atoms with Gasteiger partial charge in [-0.05, 0) is 36.5 Å². The largest absolute Gasteiger partial charge is 0.390 e. The van der Waals surface area contributed by atoms with Crippen LogP contribution in [0.15, 0.2) is 22.7 Å². The van der Waals surface area contributed by atoms with Crippen LogP contribution in [-0.2, 0) is 11.2 Å². The monoisotopic (exact) mass is 360 g/mol. The maximum atomic E-state index is 10.7. The fourth-order valence-electron chi connectivity index (χ4n) is 3.25. The van der Waals surface area contributed by atoms with Crippen LogP contribution in [0.25, 0.3) is 0 Å². The first-order valence-electron chi connectivity index (χ1n) is 7.14. The third-order valence-corrected chi connectivity index (χ3v) is 5.28. The Kier molecular flexibility index (Phi) is 5.52. The van der Waals surface area contributed by atoms with Gasteiger partial charge in [0.15, 0.2) is 0 Å². The first kappa shape index (κ1) is 16.3. The molecule has 112 valence electrons. The van der Waals surface area contributed by atoms with Crippen LogP contribution in [0.5, 0.6) is 0 Å². The van der Waals surface area contributed by atoms with E-state index in [1.807, 2.05) is 18.2 Å². The Hall–Kier alpha value is -0.0900. The van der Waals surface area contributed by atoms with Crippen molar-refractivity contribution >= 4 is 27.5 Å². The topological polar surface area (TPSA) is 29.5 Å². The fraction of sp³-hybridized carbons (Fsp3) is 0.625. The minimum absolute atomic E-state index is 0.423. The molecule has 0 heterocycles. The van der Waals surface area contributed by atoms with Gasteiger partial charge in [-0.25, -0.2) is 0 Å². The van der Waals surface area contributed by atoms with E-state index in [0.29, 0.717) is 17.4 Å². The number of aliphatic hydroxyl groups is 1. The highest BCUT2D eigenvalue weighted by molar-refractivity contribution is 9.10. The van der Waals surface area contributed by atoms with E-state index in [1.54, 1.807) is 7.11 Å². The van der Waals surface area contributed by atoms with E-state index in [-0.39, 0.29) is 0 Å². The molecule has 0 aliphatic heterocycles. The summed E-state index contributed by atoms with van der Waals surface area (Å²) in [5.41, 5.74) is 0.547. The molecule has 1 aliphatic carbocycles. The van der Waals surface area contributed by atoms with Gasteiger partial charge < -0.3 is 9.84 Å². The number of ether oxygens (including phenoxy) is 1. The van der Waals surface area contributed by atoms with Gasteiger partial charge in [0.05, 0.1) is 11.7 Å². The van der Waals surface area contributed by atoms with E-state index in [2.05, 4.69) is 22.9 Å². The summed E-state index contributed by atoms with van der Waals surface area (Å²) in [6.45, 7) is 2.23. The molecular formula is C16H22BrClO2. The second kappa shape index (κ2) is 6.78. The summed E-state index contributed by atoms with van der Waals surface area (Å²) in [7, 11) is 1.71. The normalized spacial score (nSPS) is 28.4. The zero-order valence-electron chi connectivity index (χ0n) is 12.0. The number of aliphatic hydroxyl groups excluding tert-OH is 1. The molecule has 0 aromatic heterocycles. The number of rotatable bonds is 4. The molecule has 0 radical (unpaired) electrons. The van der Waals surface area contributed by atoms with Gasteiger partial charge in [0, 0.05) is 23.0 Å². The molecule has 1 fully saturated rings. The Morgan fingerprint density at radius 2 is 2.30 bits per heavy atom. The molecule has 0 amide bonds. The molecule has 3 atom stereocenters. The highest BCUT2D eigenvalue weighted by Crippen LogP contribution is 2.38. The number of benzene rings is 1. The predicted molar refractivity (Wildman–Crippen MR) is 86.2 cm³/mol. The van der Waals surface area contributed by atoms with Crippen molar-refractivity contribution in [3.8, 4) is 0 Å². The minimum Gasteiger partial charge on any atom is -0.390 e. The number of halogens is 2. The third-order valence-electron chi connectivity index (χ3n) is 4.43. The lowest BCUT2D eigenvalue weighted by Crippen LogP contribution is -2.48. The van der Waals surface area contributed by atoms with Crippen LogP contribution < -0.4 is 0 Å². The molecule has 0 spiro atoms. The van der Waals surface area contributed by atoms with Crippen LogP contribution in [0, 0.1) is 5.92 Å². The summed E-state index contributed by atoms with van der Waals surface area (Å²) in [4.78, 5) is 0. The Labute approximate surface area is 134 Å². The molecule has 1 saturated carbocycles. The molecule has 1 N–H and O–H groups in total. The smallest absolute Gasteiger partial charge is 0.0942 e. The first-order valence-corrected chi connectivity index (χ1v) is 8.31. The molecule has 2 nitrogen and oxygen atoms in total. The second-order valence-corrected chi connectivity index (χ2v) is 7.25. The molecule has 2 rings (SSSR count). The molecule has 0 bridgehead atoms. The van der Waals surface area contributed by atoms with E-state index >= 15 is 0 Å². The fourth-order valence-corrected chi connectivity index (χ4v) is 4.00. The van der Waals surface area contributed by atoms with Crippen molar-refractivity contribution in [3.63, 3.8) is 0 Å². The standard InChI is InChI=1S/C16H22BrClO2/c1-11-4-3-7-16(10-11,20-2)15(19)8-12-5-6-13(17)9-14(12)18/h5-6,9,11,15,19H,3-4,7-8,10H2,1-2H3. The average Bonchev–Trinajstić information content (AvgIpc) is 2.41. The highest BCUT2D eigenvalue weighted by atomic mass is 79.9. The van der Waals surface area contributed by atoms with Crippen molar-refractivity contribution in [2.45, 2.75) is 50.7 Å². The van der Waals surface area contributed by atoms with Crippen LogP contribution in [0.2, 0.25) is 5.02 Å². The van der Waals surface area contributed by atoms with Crippen LogP contribution in [0.1, 0.15) is 38.2 Å². The van der Waals surface area contributed by atoms with Crippen molar-refractivity contribution in [1.29, 1.82) is 0 Å². The van der Waals surface area contributed by atoms with Gasteiger partial charge in [-0.15, -0.1) is 0 Å². The van der Waals surface area contributed by atoms with Gasteiger partial charge in [-0.2, -0.15) is 0 Å². The molecule has 4 heteroatoms. The Balaban J connectivity index is 2.14. The van der Waals surface area contributed by atoms with Crippen molar-refractivity contribution in [2.75, 3.05) is 7.11 Å². The van der Waals surface area contributed by atoms with E-state index in [9.17, 15) is 5.11 Å².